The molecule has 0 N–H and O–H groups in total. The Balaban J connectivity index is 1.53. The number of thioether (sulfide) groups is 2. The Bertz CT molecular complexity index is 623. The lowest BCUT2D eigenvalue weighted by Crippen LogP contribution is -2.53. The standard InChI is InChI=1S/C22H24S2/c1-3-7-20(8-4-1)23-22(24-21-9-5-2-6-10-21)18-12-16-11-17(14-18)15-19(22)13-16/h1-10,16-19H,11-15H2. The summed E-state index contributed by atoms with van der Waals surface area (Å²) >= 11 is 4.37. The van der Waals surface area contributed by atoms with Crippen LogP contribution in [-0.4, -0.2) is 4.08 Å². The summed E-state index contributed by atoms with van der Waals surface area (Å²) in [4.78, 5) is 2.90. The maximum Gasteiger partial charge on any atom is 0.0761 e. The van der Waals surface area contributed by atoms with Crippen LogP contribution in [0.25, 0.3) is 0 Å². The van der Waals surface area contributed by atoms with E-state index in [0.29, 0.717) is 4.08 Å². The highest BCUT2D eigenvalue weighted by molar-refractivity contribution is 8.18. The quantitative estimate of drug-likeness (QED) is 0.560. The van der Waals surface area contributed by atoms with E-state index in [4.69, 9.17) is 0 Å². The molecule has 124 valence electrons. The Kier molecular flexibility index (Phi) is 3.94. The average Bonchev–Trinajstić information content (AvgIpc) is 2.61. The molecule has 0 radical (unpaired) electrons. The minimum absolute atomic E-state index is 0.343. The third-order valence-corrected chi connectivity index (χ3v) is 9.80. The zero-order chi connectivity index (χ0) is 16.0. The highest BCUT2D eigenvalue weighted by Crippen LogP contribution is 2.68. The third-order valence-electron chi connectivity index (χ3n) is 6.32. The first kappa shape index (κ1) is 15.4. The minimum atomic E-state index is 0.343. The molecule has 4 fully saturated rings. The summed E-state index contributed by atoms with van der Waals surface area (Å²) in [6, 6.07) is 22.3. The van der Waals surface area contributed by atoms with Crippen LogP contribution in [0.15, 0.2) is 70.5 Å². The van der Waals surface area contributed by atoms with Gasteiger partial charge in [-0.05, 0) is 80.0 Å². The fourth-order valence-corrected chi connectivity index (χ4v) is 9.04. The molecule has 0 atom stereocenters. The highest BCUT2D eigenvalue weighted by atomic mass is 32.2. The normalized spacial score (nSPS) is 32.8. The lowest BCUT2D eigenvalue weighted by Gasteiger charge is -2.60. The molecule has 0 saturated heterocycles. The van der Waals surface area contributed by atoms with Gasteiger partial charge in [0.1, 0.15) is 0 Å². The van der Waals surface area contributed by atoms with Gasteiger partial charge >= 0.3 is 0 Å². The monoisotopic (exact) mass is 352 g/mol. The lowest BCUT2D eigenvalue weighted by atomic mass is 9.56. The molecular formula is C22H24S2. The molecule has 2 aromatic rings. The van der Waals surface area contributed by atoms with Gasteiger partial charge in [-0.25, -0.2) is 0 Å². The minimum Gasteiger partial charge on any atom is -0.107 e. The predicted molar refractivity (Wildman–Crippen MR) is 104 cm³/mol. The Morgan fingerprint density at radius 2 is 1.00 bits per heavy atom. The zero-order valence-electron chi connectivity index (χ0n) is 13.9. The number of benzene rings is 2. The number of hydrogen-bond donors (Lipinski definition) is 0. The summed E-state index contributed by atoms with van der Waals surface area (Å²) in [7, 11) is 0. The summed E-state index contributed by atoms with van der Waals surface area (Å²) in [6.45, 7) is 0. The van der Waals surface area contributed by atoms with E-state index in [2.05, 4.69) is 84.2 Å². The molecule has 0 aromatic heterocycles. The number of rotatable bonds is 4. The van der Waals surface area contributed by atoms with Gasteiger partial charge < -0.3 is 0 Å². The highest BCUT2D eigenvalue weighted by Gasteiger charge is 2.58. The molecule has 0 unspecified atom stereocenters. The Morgan fingerprint density at radius 1 is 0.583 bits per heavy atom. The van der Waals surface area contributed by atoms with Crippen molar-refractivity contribution in [1.82, 2.24) is 0 Å². The second-order valence-electron chi connectivity index (χ2n) is 7.86. The van der Waals surface area contributed by atoms with Crippen LogP contribution in [0.3, 0.4) is 0 Å². The molecule has 2 aromatic carbocycles. The van der Waals surface area contributed by atoms with Gasteiger partial charge in [0.05, 0.1) is 4.08 Å². The van der Waals surface area contributed by atoms with Crippen molar-refractivity contribution in [3.8, 4) is 0 Å². The Morgan fingerprint density at radius 3 is 1.42 bits per heavy atom. The van der Waals surface area contributed by atoms with E-state index in [9.17, 15) is 0 Å². The van der Waals surface area contributed by atoms with E-state index < -0.39 is 0 Å². The maximum absolute atomic E-state index is 2.31. The fourth-order valence-electron chi connectivity index (χ4n) is 5.54. The molecule has 0 heterocycles. The molecule has 4 aliphatic carbocycles. The molecule has 0 amide bonds. The first-order chi connectivity index (χ1) is 11.8. The first-order valence-corrected chi connectivity index (χ1v) is 10.9. The van der Waals surface area contributed by atoms with Crippen LogP contribution in [0.4, 0.5) is 0 Å². The van der Waals surface area contributed by atoms with E-state index in [1.807, 2.05) is 0 Å². The first-order valence-electron chi connectivity index (χ1n) is 9.30. The van der Waals surface area contributed by atoms with E-state index in [0.717, 1.165) is 23.7 Å². The summed E-state index contributed by atoms with van der Waals surface area (Å²) < 4.78 is 0.343. The second kappa shape index (κ2) is 6.14. The smallest absolute Gasteiger partial charge is 0.0761 e. The van der Waals surface area contributed by atoms with Crippen molar-refractivity contribution < 1.29 is 0 Å². The van der Waals surface area contributed by atoms with E-state index >= 15 is 0 Å². The van der Waals surface area contributed by atoms with Crippen molar-refractivity contribution in [3.05, 3.63) is 60.7 Å². The molecule has 6 rings (SSSR count). The van der Waals surface area contributed by atoms with Crippen LogP contribution >= 0.6 is 23.5 Å². The molecule has 24 heavy (non-hydrogen) atoms. The zero-order valence-corrected chi connectivity index (χ0v) is 15.6. The molecule has 0 aliphatic heterocycles. The summed E-state index contributed by atoms with van der Waals surface area (Å²) in [6.07, 6.45) is 7.38. The Labute approximate surface area is 153 Å². The van der Waals surface area contributed by atoms with Crippen LogP contribution in [-0.2, 0) is 0 Å². The molecule has 4 saturated carbocycles. The van der Waals surface area contributed by atoms with Crippen LogP contribution in [0, 0.1) is 23.7 Å². The van der Waals surface area contributed by atoms with Crippen LogP contribution < -0.4 is 0 Å². The van der Waals surface area contributed by atoms with Crippen LogP contribution in [0.5, 0.6) is 0 Å². The van der Waals surface area contributed by atoms with Gasteiger partial charge in [0.15, 0.2) is 0 Å². The van der Waals surface area contributed by atoms with Gasteiger partial charge in [-0.15, -0.1) is 23.5 Å². The van der Waals surface area contributed by atoms with Gasteiger partial charge in [0.2, 0.25) is 0 Å². The molecule has 4 aliphatic rings. The van der Waals surface area contributed by atoms with Gasteiger partial charge in [-0.2, -0.15) is 0 Å². The van der Waals surface area contributed by atoms with E-state index in [-0.39, 0.29) is 0 Å². The van der Waals surface area contributed by atoms with E-state index in [1.165, 1.54) is 41.9 Å². The lowest BCUT2D eigenvalue weighted by molar-refractivity contribution is 0.0154. The van der Waals surface area contributed by atoms with Crippen molar-refractivity contribution in [2.24, 2.45) is 23.7 Å². The molecule has 2 heteroatoms. The predicted octanol–water partition coefficient (Wildman–Crippen LogP) is 6.72. The molecule has 0 nitrogen and oxygen atoms in total. The van der Waals surface area contributed by atoms with Gasteiger partial charge in [-0.3, -0.25) is 0 Å². The van der Waals surface area contributed by atoms with Crippen LogP contribution in [0.2, 0.25) is 0 Å². The SMILES string of the molecule is c1ccc(SC2(Sc3ccccc3)C3CC4CC(C3)CC2C4)cc1. The molecule has 4 bridgehead atoms. The van der Waals surface area contributed by atoms with Crippen molar-refractivity contribution in [1.29, 1.82) is 0 Å². The van der Waals surface area contributed by atoms with E-state index in [1.54, 1.807) is 0 Å². The Hall–Kier alpha value is -0.860. The van der Waals surface area contributed by atoms with Crippen molar-refractivity contribution in [2.45, 2.75) is 46.0 Å². The van der Waals surface area contributed by atoms with Crippen molar-refractivity contribution in [2.75, 3.05) is 0 Å². The van der Waals surface area contributed by atoms with Gasteiger partial charge in [0.25, 0.3) is 0 Å². The van der Waals surface area contributed by atoms with Gasteiger partial charge in [-0.1, -0.05) is 36.4 Å². The maximum atomic E-state index is 2.31. The molecular weight excluding hydrogens is 328 g/mol. The van der Waals surface area contributed by atoms with Crippen LogP contribution in [0.1, 0.15) is 32.1 Å². The van der Waals surface area contributed by atoms with Crippen molar-refractivity contribution in [3.63, 3.8) is 0 Å². The molecule has 0 spiro atoms. The number of hydrogen-bond acceptors (Lipinski definition) is 2. The fraction of sp³-hybridized carbons (Fsp3) is 0.455. The summed E-state index contributed by atoms with van der Waals surface area (Å²) in [5.74, 6) is 3.80. The van der Waals surface area contributed by atoms with Crippen molar-refractivity contribution >= 4 is 23.5 Å². The van der Waals surface area contributed by atoms with Gasteiger partial charge in [0, 0.05) is 9.79 Å². The second-order valence-corrected chi connectivity index (χ2v) is 10.8. The third kappa shape index (κ3) is 2.63. The average molecular weight is 353 g/mol. The topological polar surface area (TPSA) is 0 Å². The summed E-state index contributed by atoms with van der Waals surface area (Å²) in [5, 5.41) is 0. The largest absolute Gasteiger partial charge is 0.107 e. The summed E-state index contributed by atoms with van der Waals surface area (Å²) in [5.41, 5.74) is 0.